The topological polar surface area (TPSA) is 98.7 Å². The summed E-state index contributed by atoms with van der Waals surface area (Å²) in [4.78, 5) is 25.6. The highest BCUT2D eigenvalue weighted by Crippen LogP contribution is 2.43. The molecule has 3 aromatic rings. The van der Waals surface area contributed by atoms with Crippen LogP contribution in [0.5, 0.6) is 11.8 Å². The summed E-state index contributed by atoms with van der Waals surface area (Å²) < 4.78 is 59.8. The van der Waals surface area contributed by atoms with Crippen LogP contribution in [0.15, 0.2) is 49.4 Å². The van der Waals surface area contributed by atoms with Gasteiger partial charge in [-0.3, -0.25) is 9.69 Å². The van der Waals surface area contributed by atoms with Gasteiger partial charge in [-0.05, 0) is 12.1 Å². The van der Waals surface area contributed by atoms with Crippen LogP contribution < -0.4 is 19.7 Å². The Morgan fingerprint density at radius 3 is 2.69 bits per heavy atom. The summed E-state index contributed by atoms with van der Waals surface area (Å²) in [7, 11) is 0. The molecule has 0 unspecified atom stereocenters. The lowest BCUT2D eigenvalue weighted by atomic mass is 10.1. The first kappa shape index (κ1) is 22.6. The average Bonchev–Trinajstić information content (AvgIpc) is 2.83. The van der Waals surface area contributed by atoms with Crippen molar-refractivity contribution in [3.8, 4) is 11.8 Å². The Morgan fingerprint density at radius 2 is 1.91 bits per heavy atom. The Kier molecular flexibility index (Phi) is 5.52. The van der Waals surface area contributed by atoms with Gasteiger partial charge in [-0.1, -0.05) is 25.3 Å². The number of aromatic nitrogens is 3. The second-order valence-electron chi connectivity index (χ2n) is 7.70. The molecule has 0 atom stereocenters. The fourth-order valence-electron chi connectivity index (χ4n) is 3.82. The van der Waals surface area contributed by atoms with Crippen molar-refractivity contribution >= 4 is 34.1 Å². The van der Waals surface area contributed by atoms with E-state index in [-0.39, 0.29) is 55.2 Å². The zero-order chi connectivity index (χ0) is 24.7. The molecule has 12 heteroatoms. The lowest BCUT2D eigenvalue weighted by molar-refractivity contribution is -0.136. The lowest BCUT2D eigenvalue weighted by Gasteiger charge is -2.29. The molecule has 2 aliphatic rings. The minimum absolute atomic E-state index is 0.0504. The standard InChI is InChI=1S/C23H18F3N5O4/c1-12-10-34-16-6-4-3-5-14(16)13(2)28-20-18-15(29-22(30-20)35-12)9-27-21(19(18)23(24,25)26)31-7-8-33-11-17(31)32/h3-6,9H,1-2,7-8,10-11H2,(H,28,29,30). The van der Waals surface area contributed by atoms with E-state index >= 15 is 0 Å². The number of hydrogen-bond acceptors (Lipinski definition) is 8. The van der Waals surface area contributed by atoms with Crippen LogP contribution in [0.1, 0.15) is 11.1 Å². The van der Waals surface area contributed by atoms with E-state index < -0.39 is 28.9 Å². The van der Waals surface area contributed by atoms with Gasteiger partial charge in [0.05, 0.1) is 30.3 Å². The second-order valence-corrected chi connectivity index (χ2v) is 7.70. The Labute approximate surface area is 196 Å². The van der Waals surface area contributed by atoms with Crippen molar-refractivity contribution in [3.05, 3.63) is 60.5 Å². The Bertz CT molecular complexity index is 1380. The number of carbonyl (C=O) groups excluding carboxylic acids is 1. The molecule has 1 N–H and O–H groups in total. The molecule has 0 aliphatic carbocycles. The van der Waals surface area contributed by atoms with E-state index in [1.807, 2.05) is 0 Å². The van der Waals surface area contributed by atoms with Crippen molar-refractivity contribution in [3.63, 3.8) is 0 Å². The number of pyridine rings is 1. The second kappa shape index (κ2) is 8.55. The predicted octanol–water partition coefficient (Wildman–Crippen LogP) is 3.77. The van der Waals surface area contributed by atoms with Crippen molar-refractivity contribution in [2.45, 2.75) is 6.18 Å². The number of para-hydroxylation sites is 1. The molecule has 35 heavy (non-hydrogen) atoms. The number of rotatable bonds is 1. The first-order valence-electron chi connectivity index (χ1n) is 10.4. The highest BCUT2D eigenvalue weighted by Gasteiger charge is 2.41. The number of anilines is 2. The summed E-state index contributed by atoms with van der Waals surface area (Å²) >= 11 is 0. The minimum atomic E-state index is -4.90. The number of halogens is 3. The molecular formula is C23H18F3N5O4. The third kappa shape index (κ3) is 4.23. The molecule has 4 heterocycles. The fourth-order valence-corrected chi connectivity index (χ4v) is 3.82. The molecule has 1 aromatic carbocycles. The van der Waals surface area contributed by atoms with Crippen LogP contribution in [0.4, 0.5) is 24.8 Å². The summed E-state index contributed by atoms with van der Waals surface area (Å²) in [5.41, 5.74) is -0.580. The molecule has 1 saturated heterocycles. The maximum atomic E-state index is 14.5. The zero-order valence-corrected chi connectivity index (χ0v) is 18.2. The number of fused-ring (bicyclic) bond motifs is 5. The van der Waals surface area contributed by atoms with Crippen LogP contribution in [0, 0.1) is 0 Å². The number of ether oxygens (including phenoxy) is 3. The summed E-state index contributed by atoms with van der Waals surface area (Å²) in [6.07, 6.45) is -3.76. The number of nitrogens with one attached hydrogen (secondary N) is 1. The van der Waals surface area contributed by atoms with E-state index in [4.69, 9.17) is 14.2 Å². The third-order valence-electron chi connectivity index (χ3n) is 5.33. The van der Waals surface area contributed by atoms with Gasteiger partial charge in [0.15, 0.2) is 0 Å². The highest BCUT2D eigenvalue weighted by molar-refractivity contribution is 6.02. The van der Waals surface area contributed by atoms with E-state index in [2.05, 4.69) is 33.4 Å². The normalized spacial score (nSPS) is 16.7. The lowest BCUT2D eigenvalue weighted by Crippen LogP contribution is -2.43. The number of amides is 1. The van der Waals surface area contributed by atoms with E-state index in [0.29, 0.717) is 11.3 Å². The van der Waals surface area contributed by atoms with Crippen molar-refractivity contribution in [2.24, 2.45) is 0 Å². The maximum Gasteiger partial charge on any atom is 0.420 e. The van der Waals surface area contributed by atoms with Gasteiger partial charge in [0, 0.05) is 11.3 Å². The summed E-state index contributed by atoms with van der Waals surface area (Å²) in [5, 5.41) is 2.47. The van der Waals surface area contributed by atoms with E-state index in [1.54, 1.807) is 24.3 Å². The SMILES string of the molecule is C=C1COc2ccccc2C(=C)Nc2nc(nc3cnc(N4CCOCC4=O)c(C(F)(F)F)c23)O1. The highest BCUT2D eigenvalue weighted by atomic mass is 19.4. The van der Waals surface area contributed by atoms with E-state index in [1.165, 1.54) is 0 Å². The Morgan fingerprint density at radius 1 is 1.11 bits per heavy atom. The number of benzene rings is 1. The van der Waals surface area contributed by atoms with Gasteiger partial charge in [0.25, 0.3) is 5.91 Å². The third-order valence-corrected chi connectivity index (χ3v) is 5.33. The molecule has 1 fully saturated rings. The number of hydrogen-bond donors (Lipinski definition) is 1. The summed E-state index contributed by atoms with van der Waals surface area (Å²) in [5.74, 6) is -0.865. The van der Waals surface area contributed by atoms with Gasteiger partial charge in [0.2, 0.25) is 0 Å². The first-order valence-corrected chi connectivity index (χ1v) is 10.4. The van der Waals surface area contributed by atoms with Crippen molar-refractivity contribution < 1.29 is 32.2 Å². The van der Waals surface area contributed by atoms with Gasteiger partial charge in [-0.2, -0.15) is 23.1 Å². The predicted molar refractivity (Wildman–Crippen MR) is 120 cm³/mol. The summed E-state index contributed by atoms with van der Waals surface area (Å²) in [6, 6.07) is 6.60. The smallest absolute Gasteiger partial charge is 0.420 e. The number of alkyl halides is 3. The minimum Gasteiger partial charge on any atom is -0.485 e. The molecule has 2 aromatic heterocycles. The molecule has 2 bridgehead atoms. The first-order chi connectivity index (χ1) is 16.7. The quantitative estimate of drug-likeness (QED) is 0.556. The molecular weight excluding hydrogens is 467 g/mol. The number of nitrogens with zero attached hydrogens (tertiary/aromatic N) is 4. The van der Waals surface area contributed by atoms with Gasteiger partial charge in [-0.15, -0.1) is 0 Å². The van der Waals surface area contributed by atoms with Crippen LogP contribution in [0.3, 0.4) is 0 Å². The summed E-state index contributed by atoms with van der Waals surface area (Å²) in [6.45, 7) is 7.32. The molecule has 0 saturated carbocycles. The molecule has 0 radical (unpaired) electrons. The molecule has 1 amide bonds. The maximum absolute atomic E-state index is 14.5. The van der Waals surface area contributed by atoms with Crippen LogP contribution in [-0.2, 0) is 15.7 Å². The molecule has 2 aliphatic heterocycles. The van der Waals surface area contributed by atoms with Crippen LogP contribution in [0.25, 0.3) is 16.6 Å². The number of morpholine rings is 1. The molecule has 0 spiro atoms. The monoisotopic (exact) mass is 485 g/mol. The van der Waals surface area contributed by atoms with E-state index in [0.717, 1.165) is 11.1 Å². The average molecular weight is 485 g/mol. The van der Waals surface area contributed by atoms with Gasteiger partial charge in [0.1, 0.15) is 41.9 Å². The fraction of sp³-hybridized carbons (Fsp3) is 0.217. The van der Waals surface area contributed by atoms with E-state index in [9.17, 15) is 18.0 Å². The Hall–Kier alpha value is -4.19. The molecule has 180 valence electrons. The van der Waals surface area contributed by atoms with Crippen LogP contribution >= 0.6 is 0 Å². The number of carbonyl (C=O) groups is 1. The molecule has 9 nitrogen and oxygen atoms in total. The Balaban J connectivity index is 1.76. The van der Waals surface area contributed by atoms with Crippen LogP contribution in [0.2, 0.25) is 0 Å². The van der Waals surface area contributed by atoms with Gasteiger partial charge >= 0.3 is 12.2 Å². The molecule has 5 rings (SSSR count). The zero-order valence-electron chi connectivity index (χ0n) is 18.2. The van der Waals surface area contributed by atoms with Gasteiger partial charge < -0.3 is 19.5 Å². The largest absolute Gasteiger partial charge is 0.485 e. The van der Waals surface area contributed by atoms with Crippen molar-refractivity contribution in [1.82, 2.24) is 15.0 Å². The van der Waals surface area contributed by atoms with Crippen molar-refractivity contribution in [1.29, 1.82) is 0 Å². The van der Waals surface area contributed by atoms with Crippen molar-refractivity contribution in [2.75, 3.05) is 36.6 Å². The van der Waals surface area contributed by atoms with Crippen LogP contribution in [-0.4, -0.2) is 47.2 Å². The van der Waals surface area contributed by atoms with Gasteiger partial charge in [-0.25, -0.2) is 4.98 Å².